The summed E-state index contributed by atoms with van der Waals surface area (Å²) in [6.45, 7) is 8.50. The molecule has 0 aliphatic rings. The van der Waals surface area contributed by atoms with Crippen LogP contribution in [0.2, 0.25) is 0 Å². The Balaban J connectivity index is 2.08. The zero-order valence-electron chi connectivity index (χ0n) is 17.4. The lowest BCUT2D eigenvalue weighted by Crippen LogP contribution is -2.31. The van der Waals surface area contributed by atoms with E-state index in [0.717, 1.165) is 6.42 Å². The first-order valence-electron chi connectivity index (χ1n) is 9.88. The molecule has 1 amide bonds. The summed E-state index contributed by atoms with van der Waals surface area (Å²) in [6.07, 6.45) is 1.60. The van der Waals surface area contributed by atoms with Crippen molar-refractivity contribution in [1.29, 1.82) is 0 Å². The second-order valence-electron chi connectivity index (χ2n) is 7.44. The van der Waals surface area contributed by atoms with E-state index in [1.165, 1.54) is 12.1 Å². The summed E-state index contributed by atoms with van der Waals surface area (Å²) < 4.78 is 33.0. The lowest BCUT2D eigenvalue weighted by atomic mass is 10.1. The Morgan fingerprint density at radius 2 is 1.69 bits per heavy atom. The number of hydrogen-bond acceptors (Lipinski definition) is 4. The standard InChI is InChI=1S/C22H30N2O4S/c1-5-17(4)24-29(26,27)19-12-10-18(11-13-19)23-22(25)20-8-6-7-9-21(20)28-15-14-16(2)3/h6-13,16-17,24H,5,14-15H2,1-4H3,(H,23,25). The van der Waals surface area contributed by atoms with E-state index in [2.05, 4.69) is 23.9 Å². The van der Waals surface area contributed by atoms with Gasteiger partial charge in [0.25, 0.3) is 5.91 Å². The van der Waals surface area contributed by atoms with Crippen LogP contribution in [0.15, 0.2) is 53.4 Å². The van der Waals surface area contributed by atoms with Gasteiger partial charge in [0.05, 0.1) is 17.1 Å². The Labute approximate surface area is 173 Å². The van der Waals surface area contributed by atoms with Crippen LogP contribution in [0.25, 0.3) is 0 Å². The highest BCUT2D eigenvalue weighted by Gasteiger charge is 2.17. The average Bonchev–Trinajstić information content (AvgIpc) is 2.68. The molecule has 0 aliphatic heterocycles. The largest absolute Gasteiger partial charge is 0.493 e. The Kier molecular flexibility index (Phi) is 8.22. The van der Waals surface area contributed by atoms with Crippen molar-refractivity contribution in [2.45, 2.75) is 51.5 Å². The van der Waals surface area contributed by atoms with Gasteiger partial charge in [-0.25, -0.2) is 13.1 Å². The third-order valence-corrected chi connectivity index (χ3v) is 6.08. The van der Waals surface area contributed by atoms with Gasteiger partial charge >= 0.3 is 0 Å². The highest BCUT2D eigenvalue weighted by molar-refractivity contribution is 7.89. The van der Waals surface area contributed by atoms with Gasteiger partial charge in [0.1, 0.15) is 5.75 Å². The fourth-order valence-corrected chi connectivity index (χ4v) is 3.84. The van der Waals surface area contributed by atoms with Gasteiger partial charge in [0.15, 0.2) is 0 Å². The first kappa shape index (κ1) is 22.9. The van der Waals surface area contributed by atoms with Crippen molar-refractivity contribution >= 4 is 21.6 Å². The van der Waals surface area contributed by atoms with Crippen LogP contribution in [0.4, 0.5) is 5.69 Å². The predicted octanol–water partition coefficient (Wildman–Crippen LogP) is 4.44. The van der Waals surface area contributed by atoms with E-state index in [1.54, 1.807) is 30.3 Å². The van der Waals surface area contributed by atoms with Crippen molar-refractivity contribution in [1.82, 2.24) is 4.72 Å². The monoisotopic (exact) mass is 418 g/mol. The summed E-state index contributed by atoms with van der Waals surface area (Å²) in [5.74, 6) is 0.738. The van der Waals surface area contributed by atoms with Gasteiger partial charge < -0.3 is 10.1 Å². The lowest BCUT2D eigenvalue weighted by Gasteiger charge is -2.14. The molecule has 2 aromatic rings. The molecule has 2 rings (SSSR count). The fourth-order valence-electron chi connectivity index (χ4n) is 2.52. The number of rotatable bonds is 10. The van der Waals surface area contributed by atoms with E-state index in [9.17, 15) is 13.2 Å². The smallest absolute Gasteiger partial charge is 0.259 e. The van der Waals surface area contributed by atoms with Crippen LogP contribution in [0.3, 0.4) is 0 Å². The van der Waals surface area contributed by atoms with E-state index >= 15 is 0 Å². The van der Waals surface area contributed by atoms with Crippen LogP contribution in [0, 0.1) is 5.92 Å². The molecule has 0 bridgehead atoms. The Morgan fingerprint density at radius 1 is 1.03 bits per heavy atom. The second kappa shape index (κ2) is 10.4. The van der Waals surface area contributed by atoms with Crippen molar-refractivity contribution < 1.29 is 17.9 Å². The summed E-state index contributed by atoms with van der Waals surface area (Å²) in [4.78, 5) is 12.8. The number of hydrogen-bond donors (Lipinski definition) is 2. The Bertz CT molecular complexity index is 909. The van der Waals surface area contributed by atoms with Crippen molar-refractivity contribution in [3.8, 4) is 5.75 Å². The van der Waals surface area contributed by atoms with Gasteiger partial charge in [-0.15, -0.1) is 0 Å². The number of sulfonamides is 1. The molecule has 1 atom stereocenters. The second-order valence-corrected chi connectivity index (χ2v) is 9.15. The van der Waals surface area contributed by atoms with Gasteiger partial charge in [-0.3, -0.25) is 4.79 Å². The number of amides is 1. The molecule has 0 fully saturated rings. The summed E-state index contributed by atoms with van der Waals surface area (Å²) in [5.41, 5.74) is 0.945. The van der Waals surface area contributed by atoms with E-state index in [4.69, 9.17) is 4.74 Å². The molecule has 0 saturated heterocycles. The maximum absolute atomic E-state index is 12.7. The van der Waals surface area contributed by atoms with Gasteiger partial charge in [0.2, 0.25) is 10.0 Å². The first-order chi connectivity index (χ1) is 13.7. The van der Waals surface area contributed by atoms with E-state index < -0.39 is 10.0 Å². The molecule has 0 spiro atoms. The van der Waals surface area contributed by atoms with Gasteiger partial charge in [0, 0.05) is 11.7 Å². The SMILES string of the molecule is CCC(C)NS(=O)(=O)c1ccc(NC(=O)c2ccccc2OCCC(C)C)cc1. The maximum Gasteiger partial charge on any atom is 0.259 e. The zero-order valence-corrected chi connectivity index (χ0v) is 18.3. The summed E-state index contributed by atoms with van der Waals surface area (Å²) in [7, 11) is -3.58. The molecule has 0 heterocycles. The predicted molar refractivity (Wildman–Crippen MR) is 116 cm³/mol. The number of carbonyl (C=O) groups is 1. The van der Waals surface area contributed by atoms with Crippen molar-refractivity contribution in [2.24, 2.45) is 5.92 Å². The molecule has 7 heteroatoms. The molecular weight excluding hydrogens is 388 g/mol. The topological polar surface area (TPSA) is 84.5 Å². The highest BCUT2D eigenvalue weighted by atomic mass is 32.2. The first-order valence-corrected chi connectivity index (χ1v) is 11.4. The number of ether oxygens (including phenoxy) is 1. The van der Waals surface area contributed by atoms with Crippen LogP contribution in [-0.4, -0.2) is 27.0 Å². The van der Waals surface area contributed by atoms with Gasteiger partial charge in [-0.05, 0) is 62.1 Å². The summed E-state index contributed by atoms with van der Waals surface area (Å²) >= 11 is 0. The molecule has 0 aliphatic carbocycles. The molecule has 6 nitrogen and oxygen atoms in total. The molecular formula is C22H30N2O4S. The molecule has 1 unspecified atom stereocenters. The van der Waals surface area contributed by atoms with E-state index in [1.807, 2.05) is 19.9 Å². The number of anilines is 1. The van der Waals surface area contributed by atoms with Gasteiger partial charge in [-0.1, -0.05) is 32.9 Å². The fraction of sp³-hybridized carbons (Fsp3) is 0.409. The number of para-hydroxylation sites is 1. The molecule has 158 valence electrons. The van der Waals surface area contributed by atoms with Crippen LogP contribution in [-0.2, 0) is 10.0 Å². The molecule has 0 saturated carbocycles. The zero-order chi connectivity index (χ0) is 21.4. The lowest BCUT2D eigenvalue weighted by molar-refractivity contribution is 0.102. The molecule has 29 heavy (non-hydrogen) atoms. The summed E-state index contributed by atoms with van der Waals surface area (Å²) in [6, 6.07) is 13.0. The van der Waals surface area contributed by atoms with Crippen LogP contribution >= 0.6 is 0 Å². The van der Waals surface area contributed by atoms with Crippen LogP contribution < -0.4 is 14.8 Å². The summed E-state index contributed by atoms with van der Waals surface area (Å²) in [5, 5.41) is 2.79. The molecule has 2 aromatic carbocycles. The van der Waals surface area contributed by atoms with Crippen LogP contribution in [0.5, 0.6) is 5.75 Å². The number of carbonyl (C=O) groups excluding carboxylic acids is 1. The third kappa shape index (κ3) is 6.87. The Morgan fingerprint density at radius 3 is 2.31 bits per heavy atom. The van der Waals surface area contributed by atoms with E-state index in [0.29, 0.717) is 35.9 Å². The third-order valence-electron chi connectivity index (χ3n) is 4.48. The average molecular weight is 419 g/mol. The van der Waals surface area contributed by atoms with Crippen molar-refractivity contribution in [3.05, 3.63) is 54.1 Å². The molecule has 0 aromatic heterocycles. The Hall–Kier alpha value is -2.38. The molecule has 0 radical (unpaired) electrons. The van der Waals surface area contributed by atoms with Gasteiger partial charge in [-0.2, -0.15) is 0 Å². The van der Waals surface area contributed by atoms with Crippen LogP contribution in [0.1, 0.15) is 50.9 Å². The maximum atomic E-state index is 12.7. The number of benzene rings is 2. The minimum absolute atomic E-state index is 0.147. The molecule has 2 N–H and O–H groups in total. The minimum Gasteiger partial charge on any atom is -0.493 e. The quantitative estimate of drug-likeness (QED) is 0.597. The number of nitrogens with one attached hydrogen (secondary N) is 2. The van der Waals surface area contributed by atoms with Crippen molar-refractivity contribution in [2.75, 3.05) is 11.9 Å². The van der Waals surface area contributed by atoms with E-state index in [-0.39, 0.29) is 16.8 Å². The van der Waals surface area contributed by atoms with Crippen molar-refractivity contribution in [3.63, 3.8) is 0 Å². The normalized spacial score (nSPS) is 12.6. The highest BCUT2D eigenvalue weighted by Crippen LogP contribution is 2.21. The minimum atomic E-state index is -3.58.